The van der Waals surface area contributed by atoms with E-state index in [0.717, 1.165) is 0 Å². The Morgan fingerprint density at radius 1 is 0.435 bits per heavy atom. The second kappa shape index (κ2) is 22.5. The van der Waals surface area contributed by atoms with Crippen LogP contribution in [0, 0.1) is 5.33 Å². The van der Waals surface area contributed by atoms with Crippen molar-refractivity contribution in [2.75, 3.05) is 0 Å². The number of hydrogen-bond donors (Lipinski definition) is 0. The van der Waals surface area contributed by atoms with Gasteiger partial charge in [0.15, 0.2) is 0 Å². The Labute approximate surface area is 156 Å². The molecule has 0 spiro atoms. The van der Waals surface area contributed by atoms with Gasteiger partial charge in [-0.1, -0.05) is 145 Å². The monoisotopic (exact) mass is 387 g/mol. The maximum Gasteiger partial charge on any atom is 0.0271 e. The fourth-order valence-corrected chi connectivity index (χ4v) is 3.62. The Kier molecular flexibility index (Phi) is 22.9. The molecule has 0 heterocycles. The van der Waals surface area contributed by atoms with Crippen LogP contribution < -0.4 is 0 Å². The van der Waals surface area contributed by atoms with Crippen LogP contribution in [-0.2, 0) is 0 Å². The van der Waals surface area contributed by atoms with Crippen LogP contribution in [-0.4, -0.2) is 0 Å². The van der Waals surface area contributed by atoms with E-state index in [0.29, 0.717) is 0 Å². The van der Waals surface area contributed by atoms with E-state index in [9.17, 15) is 0 Å². The first-order valence-corrected chi connectivity index (χ1v) is 11.7. The lowest BCUT2D eigenvalue weighted by Crippen LogP contribution is -1.84. The van der Waals surface area contributed by atoms with Crippen LogP contribution in [0.5, 0.6) is 0 Å². The third-order valence-electron chi connectivity index (χ3n) is 4.92. The molecule has 0 N–H and O–H groups in total. The zero-order chi connectivity index (χ0) is 16.8. The predicted molar refractivity (Wildman–Crippen MR) is 111 cm³/mol. The highest BCUT2D eigenvalue weighted by molar-refractivity contribution is 9.10. The zero-order valence-corrected chi connectivity index (χ0v) is 17.7. The first-order chi connectivity index (χ1) is 11.4. The second-order valence-electron chi connectivity index (χ2n) is 7.31. The fraction of sp³-hybridized carbons (Fsp3) is 0.955. The van der Waals surface area contributed by atoms with E-state index in [1.165, 1.54) is 128 Å². The standard InChI is InChI=1S/C22H44Br/c1-2-3-4-5-6-7-8-9-10-11-12-13-14-15-16-17-18-19-20-21-22-23/h22H,2-21H2,1H3. The summed E-state index contributed by atoms with van der Waals surface area (Å²) >= 11 is 3.38. The average molecular weight is 388 g/mol. The van der Waals surface area contributed by atoms with Gasteiger partial charge in [-0.25, -0.2) is 0 Å². The summed E-state index contributed by atoms with van der Waals surface area (Å²) in [6.07, 6.45) is 29.0. The molecule has 0 aliphatic carbocycles. The minimum absolute atomic E-state index is 1.23. The van der Waals surface area contributed by atoms with E-state index < -0.39 is 0 Å². The van der Waals surface area contributed by atoms with Crippen LogP contribution in [0.3, 0.4) is 0 Å². The molecule has 0 rings (SSSR count). The maximum atomic E-state index is 3.38. The molecule has 0 saturated carbocycles. The van der Waals surface area contributed by atoms with Crippen molar-refractivity contribution in [1.29, 1.82) is 0 Å². The van der Waals surface area contributed by atoms with Gasteiger partial charge in [-0.2, -0.15) is 0 Å². The van der Waals surface area contributed by atoms with Crippen LogP contribution in [0.1, 0.15) is 135 Å². The van der Waals surface area contributed by atoms with Gasteiger partial charge in [-0.05, 0) is 6.42 Å². The van der Waals surface area contributed by atoms with Crippen LogP contribution in [0.4, 0.5) is 0 Å². The second-order valence-corrected chi connectivity index (χ2v) is 7.95. The van der Waals surface area contributed by atoms with Crippen LogP contribution in [0.25, 0.3) is 0 Å². The number of halogens is 1. The predicted octanol–water partition coefficient (Wildman–Crippen LogP) is 9.36. The van der Waals surface area contributed by atoms with Crippen molar-refractivity contribution in [3.63, 3.8) is 0 Å². The molecule has 1 heteroatoms. The summed E-state index contributed by atoms with van der Waals surface area (Å²) in [5, 5.41) is 2.11. The molecule has 0 aromatic rings. The lowest BCUT2D eigenvalue weighted by atomic mass is 10.0. The molecule has 0 unspecified atom stereocenters. The molecule has 0 nitrogen and oxygen atoms in total. The molecule has 0 aromatic carbocycles. The number of hydrogen-bond acceptors (Lipinski definition) is 0. The molecule has 0 bridgehead atoms. The van der Waals surface area contributed by atoms with E-state index in [2.05, 4.69) is 28.2 Å². The molecular formula is C22H44Br. The quantitative estimate of drug-likeness (QED) is 0.182. The number of unbranched alkanes of at least 4 members (excludes halogenated alkanes) is 19. The molecule has 0 aliphatic heterocycles. The Balaban J connectivity index is 2.92. The van der Waals surface area contributed by atoms with Gasteiger partial charge >= 0.3 is 0 Å². The lowest BCUT2D eigenvalue weighted by molar-refractivity contribution is 0.523. The smallest absolute Gasteiger partial charge is 0.0271 e. The molecule has 23 heavy (non-hydrogen) atoms. The molecule has 0 aliphatic rings. The molecule has 0 atom stereocenters. The fourth-order valence-electron chi connectivity index (χ4n) is 3.30. The molecule has 139 valence electrons. The van der Waals surface area contributed by atoms with Gasteiger partial charge in [0.25, 0.3) is 0 Å². The molecular weight excluding hydrogens is 344 g/mol. The van der Waals surface area contributed by atoms with Crippen molar-refractivity contribution in [3.8, 4) is 0 Å². The van der Waals surface area contributed by atoms with Crippen LogP contribution in [0.2, 0.25) is 0 Å². The highest BCUT2D eigenvalue weighted by Gasteiger charge is 1.95. The normalized spacial score (nSPS) is 11.2. The van der Waals surface area contributed by atoms with Crippen molar-refractivity contribution < 1.29 is 0 Å². The first kappa shape index (κ1) is 23.5. The Bertz CT molecular complexity index is 170. The highest BCUT2D eigenvalue weighted by Crippen LogP contribution is 2.15. The van der Waals surface area contributed by atoms with Crippen molar-refractivity contribution in [1.82, 2.24) is 0 Å². The average Bonchev–Trinajstić information content (AvgIpc) is 2.57. The van der Waals surface area contributed by atoms with Crippen molar-refractivity contribution in [2.45, 2.75) is 135 Å². The zero-order valence-electron chi connectivity index (χ0n) is 16.1. The van der Waals surface area contributed by atoms with Crippen molar-refractivity contribution in [3.05, 3.63) is 5.33 Å². The van der Waals surface area contributed by atoms with Gasteiger partial charge in [0.1, 0.15) is 0 Å². The molecule has 0 amide bonds. The SMILES string of the molecule is CCCCCCCCCCCCCCCCCCCCC[CH]Br. The van der Waals surface area contributed by atoms with Crippen molar-refractivity contribution >= 4 is 15.9 Å². The summed E-state index contributed by atoms with van der Waals surface area (Å²) in [6, 6.07) is 0. The van der Waals surface area contributed by atoms with E-state index in [1.54, 1.807) is 0 Å². The van der Waals surface area contributed by atoms with E-state index in [4.69, 9.17) is 0 Å². The minimum atomic E-state index is 1.23. The largest absolute Gasteiger partial charge is 0.0879 e. The molecule has 1 radical (unpaired) electrons. The third-order valence-corrected chi connectivity index (χ3v) is 5.37. The van der Waals surface area contributed by atoms with Gasteiger partial charge in [-0.3, -0.25) is 0 Å². The highest BCUT2D eigenvalue weighted by atomic mass is 79.9. The molecule has 0 fully saturated rings. The van der Waals surface area contributed by atoms with E-state index in [1.807, 2.05) is 0 Å². The lowest BCUT2D eigenvalue weighted by Gasteiger charge is -2.03. The molecule has 0 aromatic heterocycles. The maximum absolute atomic E-state index is 3.38. The van der Waals surface area contributed by atoms with Gasteiger partial charge < -0.3 is 0 Å². The van der Waals surface area contributed by atoms with E-state index >= 15 is 0 Å². The minimum Gasteiger partial charge on any atom is -0.0879 e. The summed E-state index contributed by atoms with van der Waals surface area (Å²) in [5.41, 5.74) is 0. The summed E-state index contributed by atoms with van der Waals surface area (Å²) < 4.78 is 0. The Hall–Kier alpha value is 0.480. The third kappa shape index (κ3) is 22.5. The number of rotatable bonds is 20. The Morgan fingerprint density at radius 2 is 0.696 bits per heavy atom. The summed E-state index contributed by atoms with van der Waals surface area (Å²) in [4.78, 5) is 0. The van der Waals surface area contributed by atoms with Crippen LogP contribution >= 0.6 is 15.9 Å². The van der Waals surface area contributed by atoms with Gasteiger partial charge in [0.2, 0.25) is 0 Å². The van der Waals surface area contributed by atoms with E-state index in [-0.39, 0.29) is 0 Å². The van der Waals surface area contributed by atoms with Gasteiger partial charge in [-0.15, -0.1) is 0 Å². The first-order valence-electron chi connectivity index (χ1n) is 10.8. The summed E-state index contributed by atoms with van der Waals surface area (Å²) in [6.45, 7) is 2.30. The van der Waals surface area contributed by atoms with Crippen molar-refractivity contribution in [2.24, 2.45) is 0 Å². The van der Waals surface area contributed by atoms with Gasteiger partial charge in [0, 0.05) is 5.33 Å². The summed E-state index contributed by atoms with van der Waals surface area (Å²) in [7, 11) is 0. The molecule has 0 saturated heterocycles. The topological polar surface area (TPSA) is 0 Å². The Morgan fingerprint density at radius 3 is 0.957 bits per heavy atom. The van der Waals surface area contributed by atoms with Crippen LogP contribution in [0.15, 0.2) is 0 Å². The van der Waals surface area contributed by atoms with Gasteiger partial charge in [0.05, 0.1) is 0 Å². The summed E-state index contributed by atoms with van der Waals surface area (Å²) in [5.74, 6) is 0.